The van der Waals surface area contributed by atoms with Gasteiger partial charge < -0.3 is 9.84 Å². The molecule has 2 aromatic rings. The number of hydrogen-bond donors (Lipinski definition) is 1. The smallest absolute Gasteiger partial charge is 0.350 e. The molecular formula is C26H33NO4S. The zero-order valence-electron chi connectivity index (χ0n) is 19.0. The third-order valence-corrected chi connectivity index (χ3v) is 8.19. The molecule has 0 aliphatic heterocycles. The number of anilines is 1. The molecule has 0 radical (unpaired) electrons. The highest BCUT2D eigenvalue weighted by molar-refractivity contribution is 7.18. The van der Waals surface area contributed by atoms with Crippen molar-refractivity contribution in [1.29, 1.82) is 0 Å². The Bertz CT molecular complexity index is 940. The molecule has 32 heavy (non-hydrogen) atoms. The maximum atomic E-state index is 13.9. The highest BCUT2D eigenvalue weighted by Gasteiger charge is 2.44. The second-order valence-corrected chi connectivity index (χ2v) is 10.4. The van der Waals surface area contributed by atoms with Crippen LogP contribution in [0, 0.1) is 11.8 Å². The van der Waals surface area contributed by atoms with Crippen molar-refractivity contribution in [1.82, 2.24) is 0 Å². The average Bonchev–Trinajstić information content (AvgIpc) is 3.24. The molecule has 0 saturated heterocycles. The largest absolute Gasteiger partial charge is 0.465 e. The quantitative estimate of drug-likeness (QED) is 0.443. The minimum Gasteiger partial charge on any atom is -0.465 e. The van der Waals surface area contributed by atoms with Crippen molar-refractivity contribution >= 4 is 28.9 Å². The molecule has 1 aromatic heterocycles. The van der Waals surface area contributed by atoms with E-state index in [9.17, 15) is 14.7 Å². The van der Waals surface area contributed by atoms with Gasteiger partial charge in [0.25, 0.3) is 0 Å². The van der Waals surface area contributed by atoms with E-state index in [4.69, 9.17) is 4.74 Å². The molecule has 1 heterocycles. The predicted octanol–water partition coefficient (Wildman–Crippen LogP) is 6.01. The molecule has 172 valence electrons. The van der Waals surface area contributed by atoms with E-state index in [1.54, 1.807) is 4.90 Å². The van der Waals surface area contributed by atoms with E-state index in [1.807, 2.05) is 36.4 Å². The van der Waals surface area contributed by atoms with E-state index >= 15 is 0 Å². The summed E-state index contributed by atoms with van der Waals surface area (Å²) in [6, 6.07) is 11.7. The molecular weight excluding hydrogens is 422 g/mol. The van der Waals surface area contributed by atoms with E-state index < -0.39 is 11.7 Å². The van der Waals surface area contributed by atoms with Crippen molar-refractivity contribution in [3.05, 3.63) is 41.3 Å². The number of ether oxygens (including phenoxy) is 1. The summed E-state index contributed by atoms with van der Waals surface area (Å²) < 4.78 is 5.09. The number of methoxy groups -OCH3 is 1. The summed E-state index contributed by atoms with van der Waals surface area (Å²) in [5, 5.41) is 11.8. The highest BCUT2D eigenvalue weighted by atomic mass is 32.1. The van der Waals surface area contributed by atoms with Gasteiger partial charge in [-0.05, 0) is 68.9 Å². The Morgan fingerprint density at radius 3 is 2.34 bits per heavy atom. The minimum absolute atomic E-state index is 0.0520. The Kier molecular flexibility index (Phi) is 7.01. The van der Waals surface area contributed by atoms with E-state index in [2.05, 4.69) is 6.92 Å². The molecule has 1 amide bonds. The Hall–Kier alpha value is -2.18. The summed E-state index contributed by atoms with van der Waals surface area (Å²) >= 11 is 1.32. The minimum atomic E-state index is -1.27. The first-order valence-electron chi connectivity index (χ1n) is 11.8. The van der Waals surface area contributed by atoms with E-state index in [0.29, 0.717) is 29.3 Å². The van der Waals surface area contributed by atoms with Crippen LogP contribution < -0.4 is 4.90 Å². The second-order valence-electron chi connectivity index (χ2n) is 9.36. The van der Waals surface area contributed by atoms with Crippen LogP contribution in [0.1, 0.15) is 74.4 Å². The normalized spacial score (nSPS) is 22.8. The zero-order valence-corrected chi connectivity index (χ0v) is 19.8. The summed E-state index contributed by atoms with van der Waals surface area (Å²) in [7, 11) is 1.36. The summed E-state index contributed by atoms with van der Waals surface area (Å²) in [5.41, 5.74) is 0.202. The average molecular weight is 456 g/mol. The van der Waals surface area contributed by atoms with Crippen LogP contribution in [0.2, 0.25) is 0 Å². The Morgan fingerprint density at radius 2 is 1.72 bits per heavy atom. The first-order chi connectivity index (χ1) is 15.4. The summed E-state index contributed by atoms with van der Waals surface area (Å²) in [5.74, 6) is -0.0185. The molecule has 2 aliphatic rings. The first-order valence-corrected chi connectivity index (χ1v) is 12.6. The molecule has 2 aliphatic carbocycles. The number of carbonyl (C=O) groups is 2. The topological polar surface area (TPSA) is 66.8 Å². The first kappa shape index (κ1) is 23.0. The van der Waals surface area contributed by atoms with Crippen LogP contribution in [0.3, 0.4) is 0 Å². The van der Waals surface area contributed by atoms with Gasteiger partial charge in [-0.1, -0.05) is 43.7 Å². The van der Waals surface area contributed by atoms with Crippen LogP contribution in [0.5, 0.6) is 0 Å². The summed E-state index contributed by atoms with van der Waals surface area (Å²) in [6.07, 6.45) is 7.53. The number of hydrogen-bond acceptors (Lipinski definition) is 5. The molecule has 2 fully saturated rings. The van der Waals surface area contributed by atoms with Gasteiger partial charge in [-0.3, -0.25) is 9.69 Å². The van der Waals surface area contributed by atoms with Crippen molar-refractivity contribution in [3.8, 4) is 10.4 Å². The van der Waals surface area contributed by atoms with Gasteiger partial charge in [-0.15, -0.1) is 11.3 Å². The lowest BCUT2D eigenvalue weighted by atomic mass is 9.81. The molecule has 0 unspecified atom stereocenters. The third-order valence-electron chi connectivity index (χ3n) is 7.04. The number of carbonyl (C=O) groups excluding carboxylic acids is 2. The molecule has 0 bridgehead atoms. The van der Waals surface area contributed by atoms with Gasteiger partial charge in [0.15, 0.2) is 0 Å². The van der Waals surface area contributed by atoms with Crippen LogP contribution in [-0.4, -0.2) is 29.8 Å². The molecule has 0 spiro atoms. The predicted molar refractivity (Wildman–Crippen MR) is 128 cm³/mol. The Balaban J connectivity index is 1.80. The van der Waals surface area contributed by atoms with Crippen LogP contribution in [0.25, 0.3) is 10.4 Å². The van der Waals surface area contributed by atoms with Crippen LogP contribution in [-0.2, 0) is 9.53 Å². The maximum Gasteiger partial charge on any atom is 0.350 e. The lowest BCUT2D eigenvalue weighted by Gasteiger charge is -2.44. The Labute approximate surface area is 194 Å². The lowest BCUT2D eigenvalue weighted by molar-refractivity contribution is -0.129. The summed E-state index contributed by atoms with van der Waals surface area (Å²) in [6.45, 7) is 2.23. The fraction of sp³-hybridized carbons (Fsp3) is 0.538. The van der Waals surface area contributed by atoms with Gasteiger partial charge >= 0.3 is 5.97 Å². The Morgan fingerprint density at radius 1 is 1.06 bits per heavy atom. The fourth-order valence-electron chi connectivity index (χ4n) is 5.11. The van der Waals surface area contributed by atoms with Crippen molar-refractivity contribution < 1.29 is 19.4 Å². The number of benzene rings is 1. The number of aliphatic hydroxyl groups is 1. The number of esters is 1. The second kappa shape index (κ2) is 9.75. The van der Waals surface area contributed by atoms with Crippen LogP contribution >= 0.6 is 11.3 Å². The van der Waals surface area contributed by atoms with Gasteiger partial charge in [0.1, 0.15) is 10.6 Å². The maximum absolute atomic E-state index is 13.9. The van der Waals surface area contributed by atoms with Crippen molar-refractivity contribution in [2.75, 3.05) is 12.0 Å². The van der Waals surface area contributed by atoms with Crippen LogP contribution in [0.15, 0.2) is 36.4 Å². The highest BCUT2D eigenvalue weighted by Crippen LogP contribution is 2.44. The number of rotatable bonds is 5. The van der Waals surface area contributed by atoms with E-state index in [-0.39, 0.29) is 11.8 Å². The van der Waals surface area contributed by atoms with Crippen LogP contribution in [0.4, 0.5) is 5.69 Å². The van der Waals surface area contributed by atoms with Gasteiger partial charge in [0.05, 0.1) is 12.8 Å². The summed E-state index contributed by atoms with van der Waals surface area (Å²) in [4.78, 5) is 29.6. The SMILES string of the molecule is COC(=O)c1sc(-c2ccccc2)cc1N(C(=O)C1CCC(C)CC1)C1(O)CCCCC1. The molecule has 1 N–H and O–H groups in total. The molecule has 1 aromatic carbocycles. The number of nitrogens with zero attached hydrogens (tertiary/aromatic N) is 1. The molecule has 5 nitrogen and oxygen atoms in total. The van der Waals surface area contributed by atoms with Crippen molar-refractivity contribution in [2.45, 2.75) is 70.4 Å². The molecule has 0 atom stereocenters. The number of thiophene rings is 1. The van der Waals surface area contributed by atoms with Gasteiger partial charge in [-0.2, -0.15) is 0 Å². The third kappa shape index (κ3) is 4.62. The van der Waals surface area contributed by atoms with Gasteiger partial charge in [0, 0.05) is 10.8 Å². The van der Waals surface area contributed by atoms with Crippen molar-refractivity contribution in [3.63, 3.8) is 0 Å². The van der Waals surface area contributed by atoms with Gasteiger partial charge in [0.2, 0.25) is 5.91 Å². The lowest BCUT2D eigenvalue weighted by Crippen LogP contribution is -2.55. The fourth-order valence-corrected chi connectivity index (χ4v) is 6.18. The van der Waals surface area contributed by atoms with Gasteiger partial charge in [-0.25, -0.2) is 4.79 Å². The standard InChI is InChI=1S/C26H33NO4S/c1-18-11-13-20(14-12-18)24(28)27(26(30)15-7-4-8-16-26)21-17-22(19-9-5-3-6-10-19)32-23(21)25(29)31-2/h3,5-6,9-10,17-18,20,30H,4,7-8,11-16H2,1-2H3. The number of amides is 1. The zero-order chi connectivity index (χ0) is 22.7. The van der Waals surface area contributed by atoms with Crippen molar-refractivity contribution in [2.24, 2.45) is 11.8 Å². The molecule has 2 saturated carbocycles. The molecule has 6 heteroatoms. The monoisotopic (exact) mass is 455 g/mol. The van der Waals surface area contributed by atoms with E-state index in [1.165, 1.54) is 18.4 Å². The van der Waals surface area contributed by atoms with E-state index in [0.717, 1.165) is 55.4 Å². The molecule has 4 rings (SSSR count).